The molecule has 0 aliphatic carbocycles. The first-order valence-corrected chi connectivity index (χ1v) is 6.94. The Balaban J connectivity index is 1.91. The average Bonchev–Trinajstić information content (AvgIpc) is 2.85. The van der Waals surface area contributed by atoms with Crippen molar-refractivity contribution in [2.24, 2.45) is 11.8 Å². The van der Waals surface area contributed by atoms with Crippen molar-refractivity contribution in [3.05, 3.63) is 0 Å². The molecule has 0 amide bonds. The Morgan fingerprint density at radius 1 is 0.895 bits per heavy atom. The van der Waals surface area contributed by atoms with Crippen LogP contribution in [0.3, 0.4) is 0 Å². The number of hydrogen-bond donors (Lipinski definition) is 0. The first-order valence-electron chi connectivity index (χ1n) is 6.94. The van der Waals surface area contributed by atoms with Crippen molar-refractivity contribution in [2.75, 3.05) is 27.4 Å². The maximum absolute atomic E-state index is 5.88. The summed E-state index contributed by atoms with van der Waals surface area (Å²) in [5.74, 6) is 0.821. The van der Waals surface area contributed by atoms with Crippen molar-refractivity contribution < 1.29 is 18.9 Å². The Labute approximate surface area is 118 Å². The maximum atomic E-state index is 5.88. The van der Waals surface area contributed by atoms with Gasteiger partial charge in [-0.1, -0.05) is 0 Å². The SMILES string of the molecule is [B][C@H]1CC(C[C@@H]2C[C@H]([B])O[C@@H]2COC)[C@@H](COC)O1. The standard InChI is InChI=1S/C13H22B2O4/c1-16-6-10-8(4-12(14)18-10)3-9-5-13(15)19-11(9)7-17-2/h8-13H,3-7H2,1-2H3/t8-,9?,10-,11-,12-,13-/m1/s1. The highest BCUT2D eigenvalue weighted by molar-refractivity contribution is 6.11. The molecule has 104 valence electrons. The Bertz CT molecular complexity index is 253. The van der Waals surface area contributed by atoms with E-state index in [0.29, 0.717) is 25.0 Å². The second-order valence-corrected chi connectivity index (χ2v) is 5.56. The van der Waals surface area contributed by atoms with Gasteiger partial charge in [-0.15, -0.1) is 0 Å². The lowest BCUT2D eigenvalue weighted by Gasteiger charge is -2.24. The summed E-state index contributed by atoms with van der Waals surface area (Å²) in [6.07, 6.45) is 2.92. The summed E-state index contributed by atoms with van der Waals surface area (Å²) in [5, 5.41) is 0. The van der Waals surface area contributed by atoms with E-state index in [1.807, 2.05) is 0 Å². The summed E-state index contributed by atoms with van der Waals surface area (Å²) in [4.78, 5) is 0. The number of hydrogen-bond acceptors (Lipinski definition) is 4. The zero-order valence-corrected chi connectivity index (χ0v) is 11.8. The number of rotatable bonds is 6. The Kier molecular flexibility index (Phi) is 5.75. The fourth-order valence-corrected chi connectivity index (χ4v) is 3.25. The summed E-state index contributed by atoms with van der Waals surface area (Å²) in [6.45, 7) is 1.18. The van der Waals surface area contributed by atoms with Crippen LogP contribution in [0.1, 0.15) is 19.3 Å². The molecule has 6 heteroatoms. The van der Waals surface area contributed by atoms with Gasteiger partial charge in [-0.05, 0) is 31.1 Å². The van der Waals surface area contributed by atoms with E-state index in [4.69, 9.17) is 34.6 Å². The minimum absolute atomic E-state index is 0.0834. The van der Waals surface area contributed by atoms with Crippen LogP contribution < -0.4 is 0 Å². The first kappa shape index (κ1) is 15.4. The molecule has 2 aliphatic rings. The Morgan fingerprint density at radius 2 is 1.32 bits per heavy atom. The summed E-state index contributed by atoms with van der Waals surface area (Å²) >= 11 is 0. The molecule has 4 radical (unpaired) electrons. The van der Waals surface area contributed by atoms with Crippen molar-refractivity contribution in [1.29, 1.82) is 0 Å². The number of methoxy groups -OCH3 is 2. The van der Waals surface area contributed by atoms with E-state index in [-0.39, 0.29) is 24.2 Å². The van der Waals surface area contributed by atoms with Gasteiger partial charge in [0.15, 0.2) is 0 Å². The van der Waals surface area contributed by atoms with E-state index in [9.17, 15) is 0 Å². The monoisotopic (exact) mass is 264 g/mol. The second-order valence-electron chi connectivity index (χ2n) is 5.56. The zero-order valence-electron chi connectivity index (χ0n) is 11.8. The lowest BCUT2D eigenvalue weighted by atomic mass is 9.80. The first-order chi connectivity index (χ1) is 9.13. The molecule has 2 heterocycles. The molecule has 0 aromatic rings. The van der Waals surface area contributed by atoms with Crippen LogP contribution in [-0.2, 0) is 18.9 Å². The van der Waals surface area contributed by atoms with E-state index < -0.39 is 0 Å². The predicted molar refractivity (Wildman–Crippen MR) is 73.4 cm³/mol. The molecule has 6 atom stereocenters. The lowest BCUT2D eigenvalue weighted by molar-refractivity contribution is -0.00925. The van der Waals surface area contributed by atoms with Crippen molar-refractivity contribution in [1.82, 2.24) is 0 Å². The Morgan fingerprint density at radius 3 is 1.68 bits per heavy atom. The molecular weight excluding hydrogens is 242 g/mol. The van der Waals surface area contributed by atoms with Gasteiger partial charge in [-0.2, -0.15) is 0 Å². The highest BCUT2D eigenvalue weighted by Gasteiger charge is 2.39. The largest absolute Gasteiger partial charge is 0.382 e. The molecule has 2 rings (SSSR count). The van der Waals surface area contributed by atoms with Gasteiger partial charge < -0.3 is 18.9 Å². The average molecular weight is 264 g/mol. The molecule has 0 saturated carbocycles. The second kappa shape index (κ2) is 7.11. The molecule has 4 nitrogen and oxygen atoms in total. The van der Waals surface area contributed by atoms with Crippen LogP contribution in [0.15, 0.2) is 0 Å². The lowest BCUT2D eigenvalue weighted by Crippen LogP contribution is -2.28. The van der Waals surface area contributed by atoms with Crippen LogP contribution in [0.4, 0.5) is 0 Å². The zero-order chi connectivity index (χ0) is 13.8. The molecule has 1 unspecified atom stereocenters. The van der Waals surface area contributed by atoms with Crippen LogP contribution >= 0.6 is 0 Å². The van der Waals surface area contributed by atoms with Crippen molar-refractivity contribution >= 4 is 15.7 Å². The fourth-order valence-electron chi connectivity index (χ4n) is 3.25. The summed E-state index contributed by atoms with van der Waals surface area (Å²) in [6, 6.07) is -0.357. The highest BCUT2D eigenvalue weighted by atomic mass is 16.5. The van der Waals surface area contributed by atoms with Gasteiger partial charge in [0.25, 0.3) is 0 Å². The highest BCUT2D eigenvalue weighted by Crippen LogP contribution is 2.37. The maximum Gasteiger partial charge on any atom is 0.109 e. The quantitative estimate of drug-likeness (QED) is 0.653. The summed E-state index contributed by atoms with van der Waals surface area (Å²) in [7, 11) is 15.1. The normalized spacial score (nSPS) is 42.8. The molecule has 0 aromatic carbocycles. The fraction of sp³-hybridized carbons (Fsp3) is 1.00. The van der Waals surface area contributed by atoms with Gasteiger partial charge >= 0.3 is 0 Å². The molecular formula is C13H22B2O4. The van der Waals surface area contributed by atoms with Gasteiger partial charge in [0, 0.05) is 26.2 Å². The van der Waals surface area contributed by atoms with Crippen LogP contribution in [0, 0.1) is 11.8 Å². The van der Waals surface area contributed by atoms with Gasteiger partial charge in [0.05, 0.1) is 25.4 Å². The topological polar surface area (TPSA) is 36.9 Å². The molecule has 0 bridgehead atoms. The van der Waals surface area contributed by atoms with Crippen LogP contribution in [0.25, 0.3) is 0 Å². The minimum Gasteiger partial charge on any atom is -0.382 e. The molecule has 0 aromatic heterocycles. The van der Waals surface area contributed by atoms with Crippen molar-refractivity contribution in [3.8, 4) is 0 Å². The van der Waals surface area contributed by atoms with Crippen LogP contribution in [-0.4, -0.2) is 67.3 Å². The minimum atomic E-state index is -0.179. The summed E-state index contributed by atoms with van der Waals surface area (Å²) in [5.41, 5.74) is 0. The van der Waals surface area contributed by atoms with Gasteiger partial charge in [0.1, 0.15) is 15.7 Å². The third kappa shape index (κ3) is 3.97. The van der Waals surface area contributed by atoms with Crippen molar-refractivity contribution in [2.45, 2.75) is 43.5 Å². The van der Waals surface area contributed by atoms with Crippen LogP contribution in [0.5, 0.6) is 0 Å². The van der Waals surface area contributed by atoms with E-state index >= 15 is 0 Å². The molecule has 2 saturated heterocycles. The molecule has 19 heavy (non-hydrogen) atoms. The number of ether oxygens (including phenoxy) is 4. The van der Waals surface area contributed by atoms with E-state index in [1.54, 1.807) is 14.2 Å². The van der Waals surface area contributed by atoms with Crippen LogP contribution in [0.2, 0.25) is 0 Å². The van der Waals surface area contributed by atoms with E-state index in [2.05, 4.69) is 0 Å². The van der Waals surface area contributed by atoms with Gasteiger partial charge in [0.2, 0.25) is 0 Å². The van der Waals surface area contributed by atoms with Gasteiger partial charge in [-0.25, -0.2) is 0 Å². The molecule has 2 fully saturated rings. The smallest absolute Gasteiger partial charge is 0.109 e. The van der Waals surface area contributed by atoms with E-state index in [1.165, 1.54) is 0 Å². The molecule has 2 aliphatic heterocycles. The predicted octanol–water partition coefficient (Wildman–Crippen LogP) is 0.469. The third-order valence-electron chi connectivity index (χ3n) is 4.09. The Hall–Kier alpha value is -0.0301. The van der Waals surface area contributed by atoms with Gasteiger partial charge in [-0.3, -0.25) is 0 Å². The van der Waals surface area contributed by atoms with E-state index in [0.717, 1.165) is 19.3 Å². The third-order valence-corrected chi connectivity index (χ3v) is 4.09. The van der Waals surface area contributed by atoms with Crippen molar-refractivity contribution in [3.63, 3.8) is 0 Å². The summed E-state index contributed by atoms with van der Waals surface area (Å²) < 4.78 is 21.8. The molecule has 0 spiro atoms. The molecule has 0 N–H and O–H groups in total.